The number of aliphatic hydroxyl groups is 3. The lowest BCUT2D eigenvalue weighted by molar-refractivity contribution is -0.244. The largest absolute Gasteiger partial charge is 0.462 e. The third kappa shape index (κ3) is 4.49. The van der Waals surface area contributed by atoms with Crippen LogP contribution >= 0.6 is 0 Å². The number of hydrogen-bond donors (Lipinski definition) is 4. The molecule has 4 rings (SSSR count). The Balaban J connectivity index is 1.68. The molecule has 9 heteroatoms. The van der Waals surface area contributed by atoms with E-state index in [0.717, 1.165) is 5.56 Å². The van der Waals surface area contributed by atoms with Gasteiger partial charge in [0.15, 0.2) is 0 Å². The summed E-state index contributed by atoms with van der Waals surface area (Å²) in [6, 6.07) is 12.8. The topological polar surface area (TPSA) is 138 Å². The average molecular weight is 455 g/mol. The zero-order valence-electron chi connectivity index (χ0n) is 18.1. The van der Waals surface area contributed by atoms with Gasteiger partial charge in [0.2, 0.25) is 17.6 Å². The number of nitrogens with one attached hydrogen (secondary N) is 1. The standard InChI is InChI=1S/C24H25NO8/c1-12-19(14-6-4-3-5-7-14)21(28)16-9-8-15(10-17(16)31-12)32-24-20(25-13(2)27)23(30)22(29)18(11-26)33-24/h3-10,18,20,22-24,26,29-30H,11H2,1-2H3,(H,25,27)/t18-,20-,22-,23-,24-/m1/s1. The fraction of sp³-hybridized carbons (Fsp3) is 0.333. The van der Waals surface area contributed by atoms with Gasteiger partial charge in [0.1, 0.15) is 41.4 Å². The molecule has 1 amide bonds. The van der Waals surface area contributed by atoms with Crippen LogP contribution in [0.2, 0.25) is 0 Å². The molecule has 33 heavy (non-hydrogen) atoms. The van der Waals surface area contributed by atoms with Gasteiger partial charge in [0.05, 0.1) is 17.6 Å². The van der Waals surface area contributed by atoms with Crippen LogP contribution in [0.15, 0.2) is 57.7 Å². The maximum absolute atomic E-state index is 13.1. The summed E-state index contributed by atoms with van der Waals surface area (Å²) in [7, 11) is 0. The third-order valence-electron chi connectivity index (χ3n) is 5.61. The van der Waals surface area contributed by atoms with E-state index < -0.39 is 43.2 Å². The number of hydrogen-bond acceptors (Lipinski definition) is 8. The maximum Gasteiger partial charge on any atom is 0.223 e. The zero-order chi connectivity index (χ0) is 23.7. The van der Waals surface area contributed by atoms with Gasteiger partial charge in [-0.1, -0.05) is 30.3 Å². The summed E-state index contributed by atoms with van der Waals surface area (Å²) in [6.45, 7) is 2.41. The zero-order valence-corrected chi connectivity index (χ0v) is 18.1. The van der Waals surface area contributed by atoms with Gasteiger partial charge >= 0.3 is 0 Å². The van der Waals surface area contributed by atoms with Gasteiger partial charge in [-0.2, -0.15) is 0 Å². The molecule has 9 nitrogen and oxygen atoms in total. The van der Waals surface area contributed by atoms with Gasteiger partial charge in [-0.25, -0.2) is 0 Å². The van der Waals surface area contributed by atoms with Crippen LogP contribution in [-0.4, -0.2) is 58.5 Å². The molecule has 1 aliphatic rings. The van der Waals surface area contributed by atoms with Gasteiger partial charge in [0.25, 0.3) is 0 Å². The van der Waals surface area contributed by atoms with Gasteiger partial charge < -0.3 is 34.5 Å². The number of aliphatic hydroxyl groups excluding tert-OH is 3. The molecule has 2 heterocycles. The van der Waals surface area contributed by atoms with Crippen LogP contribution in [-0.2, 0) is 9.53 Å². The Morgan fingerprint density at radius 1 is 1.12 bits per heavy atom. The molecule has 0 spiro atoms. The summed E-state index contributed by atoms with van der Waals surface area (Å²) in [5, 5.41) is 32.9. The Morgan fingerprint density at radius 2 is 1.85 bits per heavy atom. The molecule has 0 bridgehead atoms. The maximum atomic E-state index is 13.1. The summed E-state index contributed by atoms with van der Waals surface area (Å²) in [5.74, 6) is 0.234. The van der Waals surface area contributed by atoms with Crippen molar-refractivity contribution in [3.63, 3.8) is 0 Å². The number of benzene rings is 2. The normalized spacial score (nSPS) is 25.1. The van der Waals surface area contributed by atoms with Gasteiger partial charge in [-0.15, -0.1) is 0 Å². The highest BCUT2D eigenvalue weighted by Gasteiger charge is 2.46. The fourth-order valence-corrected chi connectivity index (χ4v) is 4.00. The first-order chi connectivity index (χ1) is 15.8. The highest BCUT2D eigenvalue weighted by Crippen LogP contribution is 2.29. The number of rotatable bonds is 5. The van der Waals surface area contributed by atoms with E-state index in [1.54, 1.807) is 19.1 Å². The first-order valence-electron chi connectivity index (χ1n) is 10.5. The second-order valence-corrected chi connectivity index (χ2v) is 7.94. The highest BCUT2D eigenvalue weighted by atomic mass is 16.7. The molecule has 4 N–H and O–H groups in total. The number of ether oxygens (including phenoxy) is 2. The average Bonchev–Trinajstić information content (AvgIpc) is 2.79. The van der Waals surface area contributed by atoms with Crippen LogP contribution in [0.1, 0.15) is 12.7 Å². The third-order valence-corrected chi connectivity index (χ3v) is 5.61. The van der Waals surface area contributed by atoms with Gasteiger partial charge in [-0.3, -0.25) is 9.59 Å². The van der Waals surface area contributed by atoms with E-state index in [-0.39, 0.29) is 11.2 Å². The van der Waals surface area contributed by atoms with Gasteiger partial charge in [-0.05, 0) is 24.6 Å². The number of carbonyl (C=O) groups is 1. The van der Waals surface area contributed by atoms with Crippen molar-refractivity contribution in [3.05, 3.63) is 64.5 Å². The lowest BCUT2D eigenvalue weighted by Crippen LogP contribution is -2.65. The van der Waals surface area contributed by atoms with E-state index in [1.165, 1.54) is 13.0 Å². The molecule has 5 atom stereocenters. The van der Waals surface area contributed by atoms with Crippen LogP contribution in [0.4, 0.5) is 0 Å². The minimum Gasteiger partial charge on any atom is -0.462 e. The van der Waals surface area contributed by atoms with E-state index in [0.29, 0.717) is 22.3 Å². The molecule has 2 aromatic carbocycles. The Bertz CT molecular complexity index is 1210. The lowest BCUT2D eigenvalue weighted by atomic mass is 9.97. The molecule has 0 aliphatic carbocycles. The molecular formula is C24H25NO8. The molecule has 174 valence electrons. The first kappa shape index (κ1) is 22.9. The van der Waals surface area contributed by atoms with E-state index in [4.69, 9.17) is 13.9 Å². The van der Waals surface area contributed by atoms with Crippen molar-refractivity contribution in [1.82, 2.24) is 5.32 Å². The van der Waals surface area contributed by atoms with Crippen molar-refractivity contribution in [1.29, 1.82) is 0 Å². The Kier molecular flexibility index (Phi) is 6.48. The molecule has 1 aromatic heterocycles. The Hall–Kier alpha value is -3.24. The molecule has 1 aliphatic heterocycles. The van der Waals surface area contributed by atoms with E-state index in [1.807, 2.05) is 30.3 Å². The molecule has 1 fully saturated rings. The van der Waals surface area contributed by atoms with E-state index in [2.05, 4.69) is 5.32 Å². The monoisotopic (exact) mass is 455 g/mol. The van der Waals surface area contributed by atoms with Crippen molar-refractivity contribution in [2.75, 3.05) is 6.61 Å². The highest BCUT2D eigenvalue weighted by molar-refractivity contribution is 5.83. The van der Waals surface area contributed by atoms with Crippen LogP contribution < -0.4 is 15.5 Å². The van der Waals surface area contributed by atoms with E-state index in [9.17, 15) is 24.9 Å². The summed E-state index contributed by atoms with van der Waals surface area (Å²) >= 11 is 0. The quantitative estimate of drug-likeness (QED) is 0.449. The van der Waals surface area contributed by atoms with Crippen LogP contribution in [0.5, 0.6) is 5.75 Å². The second-order valence-electron chi connectivity index (χ2n) is 7.94. The fourth-order valence-electron chi connectivity index (χ4n) is 4.00. The van der Waals surface area contributed by atoms with Crippen molar-refractivity contribution >= 4 is 16.9 Å². The molecule has 1 saturated heterocycles. The second kappa shape index (κ2) is 9.32. The summed E-state index contributed by atoms with van der Waals surface area (Å²) in [5.41, 5.74) is 1.33. The number of fused-ring (bicyclic) bond motifs is 1. The van der Waals surface area contributed by atoms with Crippen LogP contribution in [0, 0.1) is 6.92 Å². The smallest absolute Gasteiger partial charge is 0.223 e. The van der Waals surface area contributed by atoms with Crippen molar-refractivity contribution in [3.8, 4) is 16.9 Å². The SMILES string of the molecule is CC(=O)N[C@H]1[C@H](Oc2ccc3c(=O)c(-c4ccccc4)c(C)oc3c2)O[C@H](CO)[C@@H](O)[C@@H]1O. The minimum absolute atomic E-state index is 0.185. The summed E-state index contributed by atoms with van der Waals surface area (Å²) < 4.78 is 17.3. The predicted molar refractivity (Wildman–Crippen MR) is 119 cm³/mol. The first-order valence-corrected chi connectivity index (χ1v) is 10.5. The van der Waals surface area contributed by atoms with Crippen LogP contribution in [0.3, 0.4) is 0 Å². The Morgan fingerprint density at radius 3 is 2.52 bits per heavy atom. The molecule has 3 aromatic rings. The molecular weight excluding hydrogens is 430 g/mol. The van der Waals surface area contributed by atoms with Crippen LogP contribution in [0.25, 0.3) is 22.1 Å². The molecule has 0 saturated carbocycles. The molecule has 0 radical (unpaired) electrons. The Labute approximate surface area is 189 Å². The number of amides is 1. The summed E-state index contributed by atoms with van der Waals surface area (Å²) in [4.78, 5) is 24.7. The van der Waals surface area contributed by atoms with Crippen molar-refractivity contribution in [2.45, 2.75) is 44.5 Å². The number of aryl methyl sites for hydroxylation is 1. The minimum atomic E-state index is -1.43. The molecule has 0 unspecified atom stereocenters. The van der Waals surface area contributed by atoms with Crippen molar-refractivity contribution in [2.24, 2.45) is 0 Å². The summed E-state index contributed by atoms with van der Waals surface area (Å²) in [6.07, 6.45) is -5.17. The van der Waals surface area contributed by atoms with Gasteiger partial charge in [0, 0.05) is 13.0 Å². The predicted octanol–water partition coefficient (Wildman–Crippen LogP) is 1.09. The number of carbonyl (C=O) groups excluding carboxylic acids is 1. The lowest BCUT2D eigenvalue weighted by Gasteiger charge is -2.42. The van der Waals surface area contributed by atoms with Crippen molar-refractivity contribution < 1.29 is 34.0 Å². The van der Waals surface area contributed by atoms with E-state index >= 15 is 0 Å².